The smallest absolute Gasteiger partial charge is 0.341 e. The Labute approximate surface area is 152 Å². The Kier molecular flexibility index (Phi) is 5.42. The minimum absolute atomic E-state index is 0.0241. The summed E-state index contributed by atoms with van der Waals surface area (Å²) < 4.78 is 4.81. The fourth-order valence-electron chi connectivity index (χ4n) is 3.62. The van der Waals surface area contributed by atoms with Crippen LogP contribution in [0.3, 0.4) is 0 Å². The minimum Gasteiger partial charge on any atom is -0.507 e. The number of likely N-dealkylation sites (tertiary alicyclic amines) is 1. The van der Waals surface area contributed by atoms with Crippen LogP contribution in [0, 0.1) is 5.92 Å². The van der Waals surface area contributed by atoms with Crippen LogP contribution in [0.2, 0.25) is 0 Å². The van der Waals surface area contributed by atoms with Crippen LogP contribution in [-0.4, -0.2) is 49.1 Å². The molecule has 0 spiro atoms. The van der Waals surface area contributed by atoms with E-state index in [9.17, 15) is 14.7 Å². The highest BCUT2D eigenvalue weighted by molar-refractivity contribution is 6.00. The van der Waals surface area contributed by atoms with Gasteiger partial charge in [-0.2, -0.15) is 0 Å². The summed E-state index contributed by atoms with van der Waals surface area (Å²) in [4.78, 5) is 26.0. The second-order valence-corrected chi connectivity index (χ2v) is 6.63. The third kappa shape index (κ3) is 3.51. The molecule has 0 atom stereocenters. The van der Waals surface area contributed by atoms with E-state index >= 15 is 0 Å². The van der Waals surface area contributed by atoms with Crippen molar-refractivity contribution in [2.75, 3.05) is 27.2 Å². The Hall–Kier alpha value is -2.60. The monoisotopic (exact) mass is 356 g/mol. The van der Waals surface area contributed by atoms with Crippen LogP contribution >= 0.6 is 0 Å². The number of ether oxygens (including phenoxy) is 1. The van der Waals surface area contributed by atoms with Gasteiger partial charge in [-0.1, -0.05) is 24.3 Å². The van der Waals surface area contributed by atoms with E-state index in [1.807, 2.05) is 24.3 Å². The van der Waals surface area contributed by atoms with Crippen molar-refractivity contribution < 1.29 is 19.4 Å². The molecule has 1 aliphatic rings. The van der Waals surface area contributed by atoms with Crippen LogP contribution in [0.25, 0.3) is 10.8 Å². The van der Waals surface area contributed by atoms with Gasteiger partial charge in [-0.15, -0.1) is 0 Å². The molecule has 1 fully saturated rings. The molecule has 0 saturated carbocycles. The molecule has 0 radical (unpaired) electrons. The number of phenols is 1. The van der Waals surface area contributed by atoms with E-state index in [-0.39, 0.29) is 23.1 Å². The van der Waals surface area contributed by atoms with Gasteiger partial charge in [0.1, 0.15) is 11.3 Å². The van der Waals surface area contributed by atoms with Gasteiger partial charge in [0.2, 0.25) is 5.91 Å². The van der Waals surface area contributed by atoms with Crippen molar-refractivity contribution in [3.63, 3.8) is 0 Å². The number of aromatic hydroxyl groups is 1. The molecule has 0 aromatic heterocycles. The van der Waals surface area contributed by atoms with E-state index in [1.165, 1.54) is 7.11 Å². The van der Waals surface area contributed by atoms with Crippen LogP contribution < -0.4 is 5.32 Å². The lowest BCUT2D eigenvalue weighted by molar-refractivity contribution is -0.125. The predicted molar refractivity (Wildman–Crippen MR) is 99.0 cm³/mol. The Balaban J connectivity index is 1.89. The van der Waals surface area contributed by atoms with E-state index < -0.39 is 5.97 Å². The lowest BCUT2D eigenvalue weighted by Gasteiger charge is -2.31. The van der Waals surface area contributed by atoms with Gasteiger partial charge in [-0.05, 0) is 42.8 Å². The summed E-state index contributed by atoms with van der Waals surface area (Å²) >= 11 is 0. The number of nitrogens with zero attached hydrogens (tertiary/aromatic N) is 1. The summed E-state index contributed by atoms with van der Waals surface area (Å²) in [5.41, 5.74) is 0.906. The zero-order valence-electron chi connectivity index (χ0n) is 15.1. The van der Waals surface area contributed by atoms with Crippen LogP contribution in [0.5, 0.6) is 5.75 Å². The number of hydrogen-bond acceptors (Lipinski definition) is 5. The maximum Gasteiger partial charge on any atom is 0.341 e. The number of nitrogens with one attached hydrogen (secondary N) is 1. The number of piperidine rings is 1. The molecular weight excluding hydrogens is 332 g/mol. The maximum atomic E-state index is 12.0. The van der Waals surface area contributed by atoms with Crippen LogP contribution in [0.4, 0.5) is 0 Å². The molecule has 1 amide bonds. The van der Waals surface area contributed by atoms with E-state index in [0.717, 1.165) is 42.3 Å². The van der Waals surface area contributed by atoms with Crippen LogP contribution in [0.15, 0.2) is 30.3 Å². The number of carbonyl (C=O) groups excluding carboxylic acids is 2. The summed E-state index contributed by atoms with van der Waals surface area (Å²) in [5.74, 6) is -0.439. The number of carbonyl (C=O) groups is 2. The Morgan fingerprint density at radius 3 is 2.62 bits per heavy atom. The molecule has 0 bridgehead atoms. The van der Waals surface area contributed by atoms with E-state index in [1.54, 1.807) is 13.1 Å². The molecule has 3 rings (SSSR count). The summed E-state index contributed by atoms with van der Waals surface area (Å²) in [6.45, 7) is 2.07. The molecule has 6 heteroatoms. The molecule has 26 heavy (non-hydrogen) atoms. The number of phenolic OH excluding ortho intramolecular Hbond substituents is 1. The number of benzene rings is 2. The molecule has 2 N–H and O–H groups in total. The lowest BCUT2D eigenvalue weighted by Crippen LogP contribution is -2.39. The van der Waals surface area contributed by atoms with Gasteiger partial charge in [-0.25, -0.2) is 4.79 Å². The third-order valence-electron chi connectivity index (χ3n) is 5.12. The average molecular weight is 356 g/mol. The maximum absolute atomic E-state index is 12.0. The van der Waals surface area contributed by atoms with Gasteiger partial charge in [0.05, 0.1) is 7.11 Å². The fourth-order valence-corrected chi connectivity index (χ4v) is 3.62. The van der Waals surface area contributed by atoms with Crippen molar-refractivity contribution in [1.82, 2.24) is 10.2 Å². The number of rotatable bonds is 4. The van der Waals surface area contributed by atoms with Gasteiger partial charge in [0.25, 0.3) is 0 Å². The van der Waals surface area contributed by atoms with E-state index in [4.69, 9.17) is 4.74 Å². The van der Waals surface area contributed by atoms with Gasteiger partial charge in [0.15, 0.2) is 0 Å². The quantitative estimate of drug-likeness (QED) is 0.822. The Morgan fingerprint density at radius 1 is 1.27 bits per heavy atom. The zero-order valence-corrected chi connectivity index (χ0v) is 15.1. The van der Waals surface area contributed by atoms with Crippen molar-refractivity contribution in [3.05, 3.63) is 41.5 Å². The Bertz CT molecular complexity index is 826. The SMILES string of the molecule is CNC(=O)C1CCN(Cc2c(O)c(C(=O)OC)cc3ccccc23)CC1. The number of amides is 1. The first-order valence-corrected chi connectivity index (χ1v) is 8.81. The zero-order chi connectivity index (χ0) is 18.7. The summed E-state index contributed by atoms with van der Waals surface area (Å²) in [6.07, 6.45) is 1.57. The average Bonchev–Trinajstić information content (AvgIpc) is 2.69. The Morgan fingerprint density at radius 2 is 1.96 bits per heavy atom. The molecule has 2 aromatic rings. The van der Waals surface area contributed by atoms with Gasteiger partial charge in [0, 0.05) is 25.1 Å². The summed E-state index contributed by atoms with van der Waals surface area (Å²) in [7, 11) is 2.97. The number of methoxy groups -OCH3 is 1. The van der Waals surface area contributed by atoms with Crippen molar-refractivity contribution >= 4 is 22.6 Å². The van der Waals surface area contributed by atoms with Gasteiger partial charge < -0.3 is 15.2 Å². The highest BCUT2D eigenvalue weighted by Gasteiger charge is 2.26. The normalized spacial score (nSPS) is 15.8. The minimum atomic E-state index is -0.548. The van der Waals surface area contributed by atoms with Gasteiger partial charge >= 0.3 is 5.97 Å². The highest BCUT2D eigenvalue weighted by Crippen LogP contribution is 2.33. The largest absolute Gasteiger partial charge is 0.507 e. The first-order chi connectivity index (χ1) is 12.5. The molecular formula is C20H24N2O4. The van der Waals surface area contributed by atoms with Crippen LogP contribution in [-0.2, 0) is 16.1 Å². The number of hydrogen-bond donors (Lipinski definition) is 2. The third-order valence-corrected chi connectivity index (χ3v) is 5.12. The van der Waals surface area contributed by atoms with Crippen molar-refractivity contribution in [2.45, 2.75) is 19.4 Å². The molecule has 2 aromatic carbocycles. The van der Waals surface area contributed by atoms with Crippen molar-refractivity contribution in [2.24, 2.45) is 5.92 Å². The molecule has 6 nitrogen and oxygen atoms in total. The summed E-state index contributed by atoms with van der Waals surface area (Å²) in [5, 5.41) is 15.2. The van der Waals surface area contributed by atoms with E-state index in [2.05, 4.69) is 10.2 Å². The standard InChI is InChI=1S/C20H24N2O4/c1-21-19(24)13-7-9-22(10-8-13)12-17-15-6-4-3-5-14(15)11-16(18(17)23)20(25)26-2/h3-6,11,13,23H,7-10,12H2,1-2H3,(H,21,24). The molecule has 0 aliphatic carbocycles. The molecule has 138 valence electrons. The first-order valence-electron chi connectivity index (χ1n) is 8.81. The summed E-state index contributed by atoms with van der Waals surface area (Å²) in [6, 6.07) is 9.35. The number of esters is 1. The topological polar surface area (TPSA) is 78.9 Å². The lowest BCUT2D eigenvalue weighted by atomic mass is 9.94. The molecule has 0 unspecified atom stereocenters. The first kappa shape index (κ1) is 18.2. The number of fused-ring (bicyclic) bond motifs is 1. The predicted octanol–water partition coefficient (Wildman–Crippen LogP) is 2.29. The van der Waals surface area contributed by atoms with Crippen molar-refractivity contribution in [1.29, 1.82) is 0 Å². The molecule has 1 heterocycles. The van der Waals surface area contributed by atoms with Crippen molar-refractivity contribution in [3.8, 4) is 5.75 Å². The second kappa shape index (κ2) is 7.74. The molecule has 1 saturated heterocycles. The van der Waals surface area contributed by atoms with Crippen LogP contribution in [0.1, 0.15) is 28.8 Å². The van der Waals surface area contributed by atoms with Gasteiger partial charge in [-0.3, -0.25) is 9.69 Å². The second-order valence-electron chi connectivity index (χ2n) is 6.63. The molecule has 1 aliphatic heterocycles. The highest BCUT2D eigenvalue weighted by atomic mass is 16.5. The fraction of sp³-hybridized carbons (Fsp3) is 0.400. The van der Waals surface area contributed by atoms with E-state index in [0.29, 0.717) is 6.54 Å².